The second kappa shape index (κ2) is 5.60. The van der Waals surface area contributed by atoms with Gasteiger partial charge in [-0.15, -0.1) is 11.3 Å². The van der Waals surface area contributed by atoms with E-state index >= 15 is 0 Å². The van der Waals surface area contributed by atoms with Crippen LogP contribution in [0.2, 0.25) is 5.02 Å². The molecule has 0 aliphatic carbocycles. The SMILES string of the molecule is Cc1sc2nc(Cc3cccc(Cl)c3)nc(NN)c2c1C. The number of nitrogens with one attached hydrogen (secondary N) is 1. The van der Waals surface area contributed by atoms with Crippen LogP contribution in [-0.4, -0.2) is 9.97 Å². The molecule has 0 aliphatic rings. The molecular formula is C15H15ClN4S. The van der Waals surface area contributed by atoms with E-state index in [1.165, 1.54) is 10.4 Å². The number of hydrazine groups is 1. The van der Waals surface area contributed by atoms with Crippen molar-refractivity contribution in [3.63, 3.8) is 0 Å². The summed E-state index contributed by atoms with van der Waals surface area (Å²) in [6.45, 7) is 4.15. The molecule has 4 nitrogen and oxygen atoms in total. The Morgan fingerprint density at radius 1 is 1.29 bits per heavy atom. The van der Waals surface area contributed by atoms with Crippen molar-refractivity contribution in [1.29, 1.82) is 0 Å². The number of benzene rings is 1. The maximum Gasteiger partial charge on any atom is 0.152 e. The average Bonchev–Trinajstić information content (AvgIpc) is 2.73. The maximum atomic E-state index is 6.02. The number of aryl methyl sites for hydroxylation is 2. The van der Waals surface area contributed by atoms with Crippen molar-refractivity contribution in [3.05, 3.63) is 51.1 Å². The smallest absolute Gasteiger partial charge is 0.152 e. The van der Waals surface area contributed by atoms with E-state index in [9.17, 15) is 0 Å². The summed E-state index contributed by atoms with van der Waals surface area (Å²) in [5.74, 6) is 7.04. The second-order valence-corrected chi connectivity index (χ2v) is 6.54. The summed E-state index contributed by atoms with van der Waals surface area (Å²) in [5.41, 5.74) is 4.95. The fourth-order valence-electron chi connectivity index (χ4n) is 2.31. The van der Waals surface area contributed by atoms with Crippen molar-refractivity contribution < 1.29 is 0 Å². The van der Waals surface area contributed by atoms with E-state index in [0.29, 0.717) is 17.3 Å². The number of rotatable bonds is 3. The van der Waals surface area contributed by atoms with Crippen molar-refractivity contribution in [2.24, 2.45) is 5.84 Å². The van der Waals surface area contributed by atoms with Crippen LogP contribution in [0.15, 0.2) is 24.3 Å². The lowest BCUT2D eigenvalue weighted by molar-refractivity contribution is 0.993. The lowest BCUT2D eigenvalue weighted by Gasteiger charge is -2.06. The molecule has 0 spiro atoms. The molecule has 0 unspecified atom stereocenters. The van der Waals surface area contributed by atoms with Crippen molar-refractivity contribution in [1.82, 2.24) is 9.97 Å². The zero-order valence-corrected chi connectivity index (χ0v) is 13.3. The van der Waals surface area contributed by atoms with Gasteiger partial charge in [0.05, 0.1) is 5.39 Å². The quantitative estimate of drug-likeness (QED) is 0.569. The Labute approximate surface area is 132 Å². The van der Waals surface area contributed by atoms with Gasteiger partial charge in [-0.2, -0.15) is 0 Å². The predicted molar refractivity (Wildman–Crippen MR) is 89.0 cm³/mol. The molecule has 1 aromatic carbocycles. The van der Waals surface area contributed by atoms with Gasteiger partial charge in [-0.1, -0.05) is 23.7 Å². The number of anilines is 1. The van der Waals surface area contributed by atoms with Crippen LogP contribution in [0.5, 0.6) is 0 Å². The molecule has 0 radical (unpaired) electrons. The number of hydrogen-bond donors (Lipinski definition) is 2. The minimum atomic E-state index is 0.626. The molecule has 0 atom stereocenters. The van der Waals surface area contributed by atoms with Crippen LogP contribution in [0, 0.1) is 13.8 Å². The van der Waals surface area contributed by atoms with Gasteiger partial charge in [0.1, 0.15) is 10.7 Å². The third kappa shape index (κ3) is 2.72. The molecule has 0 aliphatic heterocycles. The van der Waals surface area contributed by atoms with Gasteiger partial charge in [0, 0.05) is 16.3 Å². The minimum absolute atomic E-state index is 0.626. The first kappa shape index (κ1) is 14.3. The van der Waals surface area contributed by atoms with Crippen LogP contribution in [0.3, 0.4) is 0 Å². The summed E-state index contributed by atoms with van der Waals surface area (Å²) < 4.78 is 0. The van der Waals surface area contributed by atoms with Gasteiger partial charge < -0.3 is 5.43 Å². The molecule has 2 aromatic heterocycles. The molecule has 21 heavy (non-hydrogen) atoms. The van der Waals surface area contributed by atoms with Crippen LogP contribution in [0.4, 0.5) is 5.82 Å². The van der Waals surface area contributed by atoms with E-state index in [-0.39, 0.29) is 0 Å². The highest BCUT2D eigenvalue weighted by molar-refractivity contribution is 7.18. The molecule has 0 fully saturated rings. The third-order valence-corrected chi connectivity index (χ3v) is 4.80. The molecule has 0 amide bonds. The number of halogens is 1. The van der Waals surface area contributed by atoms with Gasteiger partial charge in [0.25, 0.3) is 0 Å². The number of fused-ring (bicyclic) bond motifs is 1. The fraction of sp³-hybridized carbons (Fsp3) is 0.200. The Morgan fingerprint density at radius 2 is 2.10 bits per heavy atom. The highest BCUT2D eigenvalue weighted by atomic mass is 35.5. The first-order valence-corrected chi connectivity index (χ1v) is 7.75. The molecule has 0 saturated carbocycles. The van der Waals surface area contributed by atoms with E-state index in [0.717, 1.165) is 21.6 Å². The Morgan fingerprint density at radius 3 is 2.81 bits per heavy atom. The lowest BCUT2D eigenvalue weighted by Crippen LogP contribution is -2.11. The highest BCUT2D eigenvalue weighted by Gasteiger charge is 2.14. The van der Waals surface area contributed by atoms with Gasteiger partial charge in [-0.3, -0.25) is 0 Å². The number of nitrogen functional groups attached to an aromatic ring is 1. The largest absolute Gasteiger partial charge is 0.308 e. The zero-order valence-electron chi connectivity index (χ0n) is 11.8. The molecule has 2 heterocycles. The minimum Gasteiger partial charge on any atom is -0.308 e. The van der Waals surface area contributed by atoms with E-state index in [1.807, 2.05) is 24.3 Å². The standard InChI is InChI=1S/C15H15ClN4S/c1-8-9(2)21-15-13(8)14(20-17)18-12(19-15)7-10-4-3-5-11(16)6-10/h3-6H,7,17H2,1-2H3,(H,18,19,20). The van der Waals surface area contributed by atoms with E-state index in [1.54, 1.807) is 11.3 Å². The zero-order chi connectivity index (χ0) is 15.0. The molecule has 6 heteroatoms. The fourth-order valence-corrected chi connectivity index (χ4v) is 3.57. The van der Waals surface area contributed by atoms with Gasteiger partial charge in [-0.25, -0.2) is 15.8 Å². The molecule has 0 bridgehead atoms. The first-order valence-electron chi connectivity index (χ1n) is 6.56. The first-order chi connectivity index (χ1) is 10.1. The summed E-state index contributed by atoms with van der Waals surface area (Å²) in [5, 5.41) is 1.73. The number of nitrogens with two attached hydrogens (primary N) is 1. The second-order valence-electron chi connectivity index (χ2n) is 4.90. The summed E-state index contributed by atoms with van der Waals surface area (Å²) >= 11 is 7.68. The summed E-state index contributed by atoms with van der Waals surface area (Å²) in [7, 11) is 0. The van der Waals surface area contributed by atoms with Gasteiger partial charge >= 0.3 is 0 Å². The molecular weight excluding hydrogens is 304 g/mol. The molecule has 0 saturated heterocycles. The maximum absolute atomic E-state index is 6.02. The number of hydrogen-bond acceptors (Lipinski definition) is 5. The van der Waals surface area contributed by atoms with Crippen molar-refractivity contribution in [2.45, 2.75) is 20.3 Å². The third-order valence-electron chi connectivity index (χ3n) is 3.46. The number of thiophene rings is 1. The normalized spacial score (nSPS) is 11.0. The summed E-state index contributed by atoms with van der Waals surface area (Å²) in [6, 6.07) is 7.72. The van der Waals surface area contributed by atoms with Crippen molar-refractivity contribution >= 4 is 39.0 Å². The number of nitrogens with zero attached hydrogens (tertiary/aromatic N) is 2. The monoisotopic (exact) mass is 318 g/mol. The van der Waals surface area contributed by atoms with Gasteiger partial charge in [0.15, 0.2) is 5.82 Å². The summed E-state index contributed by atoms with van der Waals surface area (Å²) in [4.78, 5) is 11.4. The average molecular weight is 319 g/mol. The Balaban J connectivity index is 2.07. The van der Waals surface area contributed by atoms with Gasteiger partial charge in [0.2, 0.25) is 0 Å². The Bertz CT molecular complexity index is 813. The summed E-state index contributed by atoms with van der Waals surface area (Å²) in [6.07, 6.45) is 0.626. The van der Waals surface area contributed by atoms with Crippen LogP contribution in [-0.2, 0) is 6.42 Å². The van der Waals surface area contributed by atoms with E-state index in [4.69, 9.17) is 17.4 Å². The van der Waals surface area contributed by atoms with E-state index < -0.39 is 0 Å². The van der Waals surface area contributed by atoms with Crippen molar-refractivity contribution in [3.8, 4) is 0 Å². The van der Waals surface area contributed by atoms with Crippen LogP contribution < -0.4 is 11.3 Å². The lowest BCUT2D eigenvalue weighted by atomic mass is 10.1. The Kier molecular flexibility index (Phi) is 3.80. The number of aromatic nitrogens is 2. The molecule has 108 valence electrons. The van der Waals surface area contributed by atoms with Crippen molar-refractivity contribution in [2.75, 3.05) is 5.43 Å². The van der Waals surface area contributed by atoms with Crippen LogP contribution >= 0.6 is 22.9 Å². The molecule has 3 N–H and O–H groups in total. The highest BCUT2D eigenvalue weighted by Crippen LogP contribution is 2.33. The van der Waals surface area contributed by atoms with Gasteiger partial charge in [-0.05, 0) is 37.1 Å². The molecule has 3 rings (SSSR count). The van der Waals surface area contributed by atoms with E-state index in [2.05, 4.69) is 29.2 Å². The topological polar surface area (TPSA) is 63.8 Å². The van der Waals surface area contributed by atoms with Crippen LogP contribution in [0.1, 0.15) is 21.8 Å². The Hall–Kier alpha value is -1.69. The van der Waals surface area contributed by atoms with Crippen LogP contribution in [0.25, 0.3) is 10.2 Å². The molecule has 3 aromatic rings. The predicted octanol–water partition coefficient (Wildman–Crippen LogP) is 3.84.